The van der Waals surface area contributed by atoms with Gasteiger partial charge in [-0.1, -0.05) is 77.8 Å². The van der Waals surface area contributed by atoms with Gasteiger partial charge in [0.15, 0.2) is 0 Å². The normalized spacial score (nSPS) is 12.2. The van der Waals surface area contributed by atoms with Crippen LogP contribution in [0.2, 0.25) is 5.02 Å². The molecule has 1 nitrogen and oxygen atoms in total. The maximum absolute atomic E-state index is 12.6. The average Bonchev–Trinajstić information content (AvgIpc) is 3.09. The first-order chi connectivity index (χ1) is 13.1. The summed E-state index contributed by atoms with van der Waals surface area (Å²) in [4.78, 5) is 12.6. The summed E-state index contributed by atoms with van der Waals surface area (Å²) in [5.74, 6) is 0.203. The predicted molar refractivity (Wildman–Crippen MR) is 113 cm³/mol. The Balaban J connectivity index is 1.58. The predicted octanol–water partition coefficient (Wildman–Crippen LogP) is 6.24. The molecule has 0 bridgehead atoms. The second-order valence-corrected chi connectivity index (χ2v) is 7.65. The van der Waals surface area contributed by atoms with Gasteiger partial charge in [-0.15, -0.1) is 0 Å². The molecule has 0 unspecified atom stereocenters. The zero-order valence-electron chi connectivity index (χ0n) is 15.3. The van der Waals surface area contributed by atoms with Crippen molar-refractivity contribution in [2.45, 2.75) is 26.2 Å². The molecule has 0 amide bonds. The van der Waals surface area contributed by atoms with E-state index in [0.717, 1.165) is 17.5 Å². The fourth-order valence-corrected chi connectivity index (χ4v) is 4.06. The Morgan fingerprint density at radius 2 is 1.78 bits per heavy atom. The van der Waals surface area contributed by atoms with E-state index in [1.165, 1.54) is 27.8 Å². The summed E-state index contributed by atoms with van der Waals surface area (Å²) in [6.07, 6.45) is 6.22. The van der Waals surface area contributed by atoms with Gasteiger partial charge in [0.2, 0.25) is 0 Å². The fourth-order valence-electron chi connectivity index (χ4n) is 3.85. The number of aryl methyl sites for hydroxylation is 1. The highest BCUT2D eigenvalue weighted by Gasteiger charge is 2.13. The lowest BCUT2D eigenvalue weighted by Crippen LogP contribution is -2.07. The summed E-state index contributed by atoms with van der Waals surface area (Å²) >= 11 is 6.03. The van der Waals surface area contributed by atoms with Crippen LogP contribution in [-0.4, -0.2) is 5.78 Å². The smallest absolute Gasteiger partial charge is 0.141 e. The van der Waals surface area contributed by atoms with Gasteiger partial charge in [-0.3, -0.25) is 4.79 Å². The third kappa shape index (κ3) is 4.04. The van der Waals surface area contributed by atoms with Crippen molar-refractivity contribution in [2.75, 3.05) is 0 Å². The highest BCUT2D eigenvalue weighted by molar-refractivity contribution is 6.30. The largest absolute Gasteiger partial charge is 0.299 e. The summed E-state index contributed by atoms with van der Waals surface area (Å²) in [5, 5.41) is 0.671. The number of hydrogen-bond donors (Lipinski definition) is 0. The number of allylic oxidation sites excluding steroid dienone is 1. The van der Waals surface area contributed by atoms with Crippen LogP contribution in [0.5, 0.6) is 0 Å². The zero-order chi connectivity index (χ0) is 18.8. The van der Waals surface area contributed by atoms with Crippen LogP contribution in [0.1, 0.15) is 27.8 Å². The Kier molecular flexibility index (Phi) is 4.96. The van der Waals surface area contributed by atoms with Gasteiger partial charge in [0.25, 0.3) is 0 Å². The quantitative estimate of drug-likeness (QED) is 0.518. The summed E-state index contributed by atoms with van der Waals surface area (Å²) in [6.45, 7) is 2.09. The molecule has 0 aromatic heterocycles. The van der Waals surface area contributed by atoms with E-state index in [9.17, 15) is 4.79 Å². The van der Waals surface area contributed by atoms with E-state index in [1.807, 2.05) is 24.3 Å². The van der Waals surface area contributed by atoms with Crippen molar-refractivity contribution in [3.63, 3.8) is 0 Å². The molecule has 134 valence electrons. The van der Waals surface area contributed by atoms with Crippen molar-refractivity contribution in [3.8, 4) is 11.1 Å². The molecule has 2 heteroatoms. The van der Waals surface area contributed by atoms with Crippen LogP contribution >= 0.6 is 11.6 Å². The van der Waals surface area contributed by atoms with Crippen molar-refractivity contribution in [1.82, 2.24) is 0 Å². The lowest BCUT2D eigenvalue weighted by atomic mass is 9.92. The molecule has 3 aromatic rings. The van der Waals surface area contributed by atoms with Crippen LogP contribution in [-0.2, 0) is 24.1 Å². The number of halogens is 1. The second kappa shape index (κ2) is 7.54. The van der Waals surface area contributed by atoms with Gasteiger partial charge in [0.1, 0.15) is 5.78 Å². The molecule has 3 aromatic carbocycles. The van der Waals surface area contributed by atoms with Crippen molar-refractivity contribution < 1.29 is 4.79 Å². The number of Topliss-reactive ketones (excluding diaryl/α,β-unsaturated/α-hetero) is 1. The Morgan fingerprint density at radius 1 is 0.963 bits per heavy atom. The maximum Gasteiger partial charge on any atom is 0.141 e. The summed E-state index contributed by atoms with van der Waals surface area (Å²) in [5.41, 5.74) is 8.35. The van der Waals surface area contributed by atoms with E-state index in [2.05, 4.69) is 55.5 Å². The first-order valence-corrected chi connectivity index (χ1v) is 9.62. The monoisotopic (exact) mass is 372 g/mol. The van der Waals surface area contributed by atoms with E-state index in [1.54, 1.807) is 0 Å². The molecule has 4 rings (SSSR count). The number of fused-ring (bicyclic) bond motifs is 1. The molecule has 0 saturated carbocycles. The molecule has 0 heterocycles. The number of carbonyl (C=O) groups is 1. The first kappa shape index (κ1) is 17.8. The third-order valence-electron chi connectivity index (χ3n) is 4.97. The number of carbonyl (C=O) groups excluding carboxylic acids is 1. The zero-order valence-corrected chi connectivity index (χ0v) is 16.1. The van der Waals surface area contributed by atoms with E-state index >= 15 is 0 Å². The molecule has 1 aliphatic carbocycles. The van der Waals surface area contributed by atoms with Crippen molar-refractivity contribution >= 4 is 23.5 Å². The summed E-state index contributed by atoms with van der Waals surface area (Å²) in [6, 6.07) is 20.5. The average molecular weight is 373 g/mol. The molecule has 0 saturated heterocycles. The van der Waals surface area contributed by atoms with Gasteiger partial charge in [-0.25, -0.2) is 0 Å². The lowest BCUT2D eigenvalue weighted by Gasteiger charge is -2.12. The Morgan fingerprint density at radius 3 is 2.63 bits per heavy atom. The lowest BCUT2D eigenvalue weighted by molar-refractivity contribution is -0.117. The minimum atomic E-state index is 0.203. The van der Waals surface area contributed by atoms with Gasteiger partial charge < -0.3 is 0 Å². The first-order valence-electron chi connectivity index (χ1n) is 9.24. The Bertz CT molecular complexity index is 1050. The Labute approximate surface area is 165 Å². The number of ketones is 1. The van der Waals surface area contributed by atoms with E-state index in [0.29, 0.717) is 17.9 Å². The number of rotatable bonds is 5. The van der Waals surface area contributed by atoms with E-state index in [4.69, 9.17) is 11.6 Å². The summed E-state index contributed by atoms with van der Waals surface area (Å²) in [7, 11) is 0. The minimum absolute atomic E-state index is 0.203. The van der Waals surface area contributed by atoms with Crippen LogP contribution in [0.4, 0.5) is 0 Å². The molecule has 0 atom stereocenters. The SMILES string of the molecule is Cc1cc(CC(=O)Cc2cccc(Cl)c2)cc(-c2cccc3c2CC=C3)c1. The van der Waals surface area contributed by atoms with Gasteiger partial charge >= 0.3 is 0 Å². The highest BCUT2D eigenvalue weighted by atomic mass is 35.5. The fraction of sp³-hybridized carbons (Fsp3) is 0.160. The molecule has 27 heavy (non-hydrogen) atoms. The molecule has 0 radical (unpaired) electrons. The van der Waals surface area contributed by atoms with Crippen molar-refractivity contribution in [2.24, 2.45) is 0 Å². The van der Waals surface area contributed by atoms with Gasteiger partial charge in [-0.2, -0.15) is 0 Å². The molecule has 1 aliphatic rings. The number of hydrogen-bond acceptors (Lipinski definition) is 1. The second-order valence-electron chi connectivity index (χ2n) is 7.21. The standard InChI is InChI=1S/C25H21ClO/c1-17-11-19(16-23(27)15-18-5-2-8-22(26)14-18)13-21(12-17)25-10-4-7-20-6-3-9-24(20)25/h2-8,10-14H,9,15-16H2,1H3. The van der Waals surface area contributed by atoms with Crippen molar-refractivity contribution in [3.05, 3.63) is 99.6 Å². The molecule has 0 fully saturated rings. The molecular weight excluding hydrogens is 352 g/mol. The van der Waals surface area contributed by atoms with Crippen LogP contribution in [0, 0.1) is 6.92 Å². The highest BCUT2D eigenvalue weighted by Crippen LogP contribution is 2.32. The topological polar surface area (TPSA) is 17.1 Å². The molecule has 0 spiro atoms. The van der Waals surface area contributed by atoms with Crippen LogP contribution in [0.25, 0.3) is 17.2 Å². The van der Waals surface area contributed by atoms with Gasteiger partial charge in [0, 0.05) is 17.9 Å². The molecule has 0 aliphatic heterocycles. The summed E-state index contributed by atoms with van der Waals surface area (Å²) < 4.78 is 0. The van der Waals surface area contributed by atoms with Crippen LogP contribution in [0.3, 0.4) is 0 Å². The van der Waals surface area contributed by atoms with E-state index < -0.39 is 0 Å². The van der Waals surface area contributed by atoms with Crippen molar-refractivity contribution in [1.29, 1.82) is 0 Å². The Hall–Kier alpha value is -2.64. The van der Waals surface area contributed by atoms with E-state index in [-0.39, 0.29) is 5.78 Å². The van der Waals surface area contributed by atoms with Gasteiger partial charge in [-0.05, 0) is 58.9 Å². The maximum atomic E-state index is 12.6. The minimum Gasteiger partial charge on any atom is -0.299 e. The molecule has 0 N–H and O–H groups in total. The van der Waals surface area contributed by atoms with Gasteiger partial charge in [0.05, 0.1) is 0 Å². The third-order valence-corrected chi connectivity index (χ3v) is 5.21. The van der Waals surface area contributed by atoms with Crippen LogP contribution in [0.15, 0.2) is 66.7 Å². The van der Waals surface area contributed by atoms with Crippen LogP contribution < -0.4 is 0 Å². The number of benzene rings is 3. The molecular formula is C25H21ClO.